The van der Waals surface area contributed by atoms with Crippen LogP contribution in [-0.2, 0) is 4.79 Å². The fourth-order valence-electron chi connectivity index (χ4n) is 2.66. The lowest BCUT2D eigenvalue weighted by Crippen LogP contribution is -2.50. The number of rotatable bonds is 6. The van der Waals surface area contributed by atoms with Crippen LogP contribution in [0.2, 0.25) is 0 Å². The Balaban J connectivity index is 1.67. The van der Waals surface area contributed by atoms with Crippen molar-refractivity contribution in [3.8, 4) is 0 Å². The van der Waals surface area contributed by atoms with Gasteiger partial charge in [-0.2, -0.15) is 0 Å². The van der Waals surface area contributed by atoms with Gasteiger partial charge in [0.2, 0.25) is 5.91 Å². The Labute approximate surface area is 111 Å². The van der Waals surface area contributed by atoms with Gasteiger partial charge in [-0.15, -0.1) is 0 Å². The molecule has 0 aromatic rings. The molecule has 18 heavy (non-hydrogen) atoms. The lowest BCUT2D eigenvalue weighted by Gasteiger charge is -2.35. The first-order valence-corrected chi connectivity index (χ1v) is 7.45. The van der Waals surface area contributed by atoms with Crippen LogP contribution in [0.1, 0.15) is 26.7 Å². The van der Waals surface area contributed by atoms with E-state index in [4.69, 9.17) is 0 Å². The SMILES string of the molecule is CCN(CC)C(=O)CN1CCN(CC2CC2)CC1. The number of carbonyl (C=O) groups excluding carboxylic acids is 1. The first kappa shape index (κ1) is 13.8. The second kappa shape index (κ2) is 6.53. The van der Waals surface area contributed by atoms with E-state index in [-0.39, 0.29) is 5.91 Å². The molecule has 1 saturated carbocycles. The summed E-state index contributed by atoms with van der Waals surface area (Å²) in [5, 5.41) is 0. The Kier molecular flexibility index (Phi) is 5.01. The number of likely N-dealkylation sites (N-methyl/N-ethyl adjacent to an activating group) is 1. The number of piperazine rings is 1. The van der Waals surface area contributed by atoms with Crippen LogP contribution in [0.5, 0.6) is 0 Å². The van der Waals surface area contributed by atoms with Gasteiger partial charge in [0.15, 0.2) is 0 Å². The summed E-state index contributed by atoms with van der Waals surface area (Å²) in [5.41, 5.74) is 0. The molecule has 1 heterocycles. The van der Waals surface area contributed by atoms with Crippen LogP contribution in [0.25, 0.3) is 0 Å². The first-order chi connectivity index (χ1) is 8.72. The minimum absolute atomic E-state index is 0.288. The predicted molar refractivity (Wildman–Crippen MR) is 73.5 cm³/mol. The molecule has 0 aromatic carbocycles. The summed E-state index contributed by atoms with van der Waals surface area (Å²) in [6.07, 6.45) is 2.86. The minimum Gasteiger partial charge on any atom is -0.342 e. The summed E-state index contributed by atoms with van der Waals surface area (Å²) < 4.78 is 0. The van der Waals surface area contributed by atoms with Crippen molar-refractivity contribution in [1.29, 1.82) is 0 Å². The first-order valence-electron chi connectivity index (χ1n) is 7.45. The Morgan fingerprint density at radius 3 is 2.11 bits per heavy atom. The summed E-state index contributed by atoms with van der Waals surface area (Å²) in [6, 6.07) is 0. The molecule has 0 atom stereocenters. The zero-order valence-electron chi connectivity index (χ0n) is 11.9. The van der Waals surface area contributed by atoms with Crippen molar-refractivity contribution in [3.05, 3.63) is 0 Å². The van der Waals surface area contributed by atoms with Crippen LogP contribution < -0.4 is 0 Å². The Hall–Kier alpha value is -0.610. The van der Waals surface area contributed by atoms with Crippen molar-refractivity contribution >= 4 is 5.91 Å². The van der Waals surface area contributed by atoms with Gasteiger partial charge in [0.1, 0.15) is 0 Å². The molecule has 4 nitrogen and oxygen atoms in total. The molecule has 0 aromatic heterocycles. The monoisotopic (exact) mass is 253 g/mol. The summed E-state index contributed by atoms with van der Waals surface area (Å²) in [4.78, 5) is 18.8. The molecule has 1 saturated heterocycles. The van der Waals surface area contributed by atoms with E-state index >= 15 is 0 Å². The van der Waals surface area contributed by atoms with E-state index in [2.05, 4.69) is 23.6 Å². The summed E-state index contributed by atoms with van der Waals surface area (Å²) in [6.45, 7) is 12.1. The van der Waals surface area contributed by atoms with E-state index in [0.29, 0.717) is 6.54 Å². The van der Waals surface area contributed by atoms with Gasteiger partial charge in [-0.25, -0.2) is 0 Å². The van der Waals surface area contributed by atoms with Crippen LogP contribution in [-0.4, -0.2) is 73.0 Å². The molecular weight excluding hydrogens is 226 g/mol. The van der Waals surface area contributed by atoms with Gasteiger partial charge in [-0.05, 0) is 32.6 Å². The Morgan fingerprint density at radius 2 is 1.61 bits per heavy atom. The maximum atomic E-state index is 12.0. The smallest absolute Gasteiger partial charge is 0.236 e. The standard InChI is InChI=1S/C14H27N3O/c1-3-17(4-2)14(18)12-16-9-7-15(8-10-16)11-13-5-6-13/h13H,3-12H2,1-2H3. The normalized spacial score (nSPS) is 22.1. The van der Waals surface area contributed by atoms with Crippen LogP contribution in [0.15, 0.2) is 0 Å². The second-order valence-electron chi connectivity index (χ2n) is 5.59. The summed E-state index contributed by atoms with van der Waals surface area (Å²) in [7, 11) is 0. The number of nitrogens with zero attached hydrogens (tertiary/aromatic N) is 3. The van der Waals surface area contributed by atoms with E-state index in [1.807, 2.05) is 4.90 Å². The van der Waals surface area contributed by atoms with Crippen LogP contribution in [0.3, 0.4) is 0 Å². The number of carbonyl (C=O) groups is 1. The van der Waals surface area contributed by atoms with Crippen molar-refractivity contribution < 1.29 is 4.79 Å². The van der Waals surface area contributed by atoms with Gasteiger partial charge in [-0.3, -0.25) is 9.69 Å². The molecule has 0 spiro atoms. The maximum absolute atomic E-state index is 12.0. The topological polar surface area (TPSA) is 26.8 Å². The van der Waals surface area contributed by atoms with Gasteiger partial charge in [0.05, 0.1) is 6.54 Å². The fraction of sp³-hybridized carbons (Fsp3) is 0.929. The molecule has 2 aliphatic rings. The number of amides is 1. The third-order valence-corrected chi connectivity index (χ3v) is 4.15. The Bertz CT molecular complexity index is 266. The largest absolute Gasteiger partial charge is 0.342 e. The highest BCUT2D eigenvalue weighted by Crippen LogP contribution is 2.29. The van der Waals surface area contributed by atoms with Crippen molar-refractivity contribution in [2.75, 3.05) is 52.4 Å². The van der Waals surface area contributed by atoms with Crippen LogP contribution >= 0.6 is 0 Å². The third kappa shape index (κ3) is 3.95. The van der Waals surface area contributed by atoms with E-state index < -0.39 is 0 Å². The molecule has 2 rings (SSSR count). The molecule has 104 valence electrons. The van der Waals surface area contributed by atoms with E-state index in [1.165, 1.54) is 19.4 Å². The molecular formula is C14H27N3O. The molecule has 4 heteroatoms. The molecule has 0 unspecified atom stereocenters. The molecule has 1 aliphatic heterocycles. The molecule has 1 aliphatic carbocycles. The Morgan fingerprint density at radius 1 is 1.06 bits per heavy atom. The number of hydrogen-bond donors (Lipinski definition) is 0. The van der Waals surface area contributed by atoms with Crippen molar-refractivity contribution in [3.63, 3.8) is 0 Å². The predicted octanol–water partition coefficient (Wildman–Crippen LogP) is 0.882. The molecule has 0 radical (unpaired) electrons. The lowest BCUT2D eigenvalue weighted by molar-refractivity contribution is -0.132. The van der Waals surface area contributed by atoms with Gasteiger partial charge in [0.25, 0.3) is 0 Å². The van der Waals surface area contributed by atoms with E-state index in [1.54, 1.807) is 0 Å². The minimum atomic E-state index is 0.288. The van der Waals surface area contributed by atoms with Gasteiger partial charge in [-0.1, -0.05) is 0 Å². The fourth-order valence-corrected chi connectivity index (χ4v) is 2.66. The molecule has 0 N–H and O–H groups in total. The molecule has 0 bridgehead atoms. The van der Waals surface area contributed by atoms with Gasteiger partial charge < -0.3 is 9.80 Å². The number of hydrogen-bond acceptors (Lipinski definition) is 3. The van der Waals surface area contributed by atoms with Crippen molar-refractivity contribution in [1.82, 2.24) is 14.7 Å². The van der Waals surface area contributed by atoms with Crippen LogP contribution in [0.4, 0.5) is 0 Å². The average Bonchev–Trinajstić information content (AvgIpc) is 3.17. The third-order valence-electron chi connectivity index (χ3n) is 4.15. The highest BCUT2D eigenvalue weighted by atomic mass is 16.2. The highest BCUT2D eigenvalue weighted by molar-refractivity contribution is 5.78. The summed E-state index contributed by atoms with van der Waals surface area (Å²) >= 11 is 0. The van der Waals surface area contributed by atoms with Gasteiger partial charge >= 0.3 is 0 Å². The lowest BCUT2D eigenvalue weighted by atomic mass is 10.2. The van der Waals surface area contributed by atoms with Crippen LogP contribution in [0, 0.1) is 5.92 Å². The molecule has 1 amide bonds. The van der Waals surface area contributed by atoms with Crippen molar-refractivity contribution in [2.45, 2.75) is 26.7 Å². The van der Waals surface area contributed by atoms with Gasteiger partial charge in [0, 0.05) is 45.8 Å². The quantitative estimate of drug-likeness (QED) is 0.703. The zero-order chi connectivity index (χ0) is 13.0. The summed E-state index contributed by atoms with van der Waals surface area (Å²) in [5.74, 6) is 1.27. The molecule has 2 fully saturated rings. The van der Waals surface area contributed by atoms with E-state index in [0.717, 1.165) is 45.2 Å². The van der Waals surface area contributed by atoms with Crippen molar-refractivity contribution in [2.24, 2.45) is 5.92 Å². The van der Waals surface area contributed by atoms with E-state index in [9.17, 15) is 4.79 Å². The average molecular weight is 253 g/mol. The second-order valence-corrected chi connectivity index (χ2v) is 5.59. The zero-order valence-corrected chi connectivity index (χ0v) is 11.9. The highest BCUT2D eigenvalue weighted by Gasteiger charge is 2.27. The maximum Gasteiger partial charge on any atom is 0.236 e.